The summed E-state index contributed by atoms with van der Waals surface area (Å²) in [6.45, 7) is 0. The molecule has 61 heavy (non-hydrogen) atoms. The van der Waals surface area contributed by atoms with Crippen LogP contribution < -0.4 is 0 Å². The highest BCUT2D eigenvalue weighted by molar-refractivity contribution is 5.98. The molecule has 10 aromatic rings. The molecule has 7 aromatic carbocycles. The molecule has 0 bridgehead atoms. The van der Waals surface area contributed by atoms with E-state index in [1.54, 1.807) is 0 Å². The molecule has 3 heterocycles. The number of pyridine rings is 2. The molecule has 0 amide bonds. The van der Waals surface area contributed by atoms with Crippen molar-refractivity contribution in [3.05, 3.63) is 241 Å². The van der Waals surface area contributed by atoms with Crippen LogP contribution in [-0.2, 0) is 5.41 Å². The van der Waals surface area contributed by atoms with Gasteiger partial charge in [-0.25, -0.2) is 9.97 Å². The Bertz CT molecular complexity index is 3140. The van der Waals surface area contributed by atoms with E-state index in [1.807, 2.05) is 49.1 Å². The van der Waals surface area contributed by atoms with Gasteiger partial charge in [0.25, 0.3) is 0 Å². The van der Waals surface area contributed by atoms with E-state index in [-0.39, 0.29) is 0 Å². The minimum atomic E-state index is -0.544. The maximum atomic E-state index is 5.37. The maximum absolute atomic E-state index is 5.37. The molecule has 0 saturated heterocycles. The lowest BCUT2D eigenvalue weighted by Crippen LogP contribution is -2.29. The number of fused-ring (bicyclic) bond motifs is 12. The first-order valence-corrected chi connectivity index (χ1v) is 20.7. The Morgan fingerprint density at radius 3 is 1.08 bits per heavy atom. The average Bonchev–Trinajstić information content (AvgIpc) is 3.59. The molecular formula is C57H36N4. The van der Waals surface area contributed by atoms with Crippen LogP contribution in [0.15, 0.2) is 219 Å². The lowest BCUT2D eigenvalue weighted by atomic mass is 9.66. The van der Waals surface area contributed by atoms with Gasteiger partial charge in [0.2, 0.25) is 0 Å². The summed E-state index contributed by atoms with van der Waals surface area (Å²) in [5.74, 6) is 0.673. The molecule has 4 heteroatoms. The summed E-state index contributed by atoms with van der Waals surface area (Å²) in [7, 11) is 0. The largest absolute Gasteiger partial charge is 0.265 e. The quantitative estimate of drug-likeness (QED) is 0.175. The molecule has 0 aliphatic heterocycles. The summed E-state index contributed by atoms with van der Waals surface area (Å²) in [5, 5.41) is 0. The monoisotopic (exact) mass is 776 g/mol. The zero-order chi connectivity index (χ0) is 40.3. The Morgan fingerprint density at radius 2 is 0.607 bits per heavy atom. The van der Waals surface area contributed by atoms with Gasteiger partial charge in [-0.15, -0.1) is 0 Å². The Morgan fingerprint density at radius 1 is 0.262 bits per heavy atom. The van der Waals surface area contributed by atoms with E-state index in [0.29, 0.717) is 5.82 Å². The van der Waals surface area contributed by atoms with Crippen molar-refractivity contribution in [1.82, 2.24) is 19.9 Å². The topological polar surface area (TPSA) is 51.6 Å². The fraction of sp³-hybridized carbons (Fsp3) is 0.0175. The molecule has 0 atom stereocenters. The summed E-state index contributed by atoms with van der Waals surface area (Å²) in [5.41, 5.74) is 21.2. The summed E-state index contributed by atoms with van der Waals surface area (Å²) in [6, 6.07) is 70.2. The number of benzene rings is 7. The van der Waals surface area contributed by atoms with Crippen molar-refractivity contribution in [3.63, 3.8) is 0 Å². The second-order valence-electron chi connectivity index (χ2n) is 15.8. The minimum absolute atomic E-state index is 0.544. The standard InChI is InChI=1S/C57H36N4/c1-2-10-45-44(9-1)46-11-3-6-14-50(46)57(51-15-7-4-12-47(51)48-13-5-8-16-52(48)57)53-26-25-43(35-49(45)53)56-60-54(41-21-17-37(18-22-41)39-27-31-58-32-28-39)36-55(61-56)42-23-19-38(20-24-42)40-29-33-59-34-30-40/h1-36H. The first-order chi connectivity index (χ1) is 30.2. The lowest BCUT2D eigenvalue weighted by molar-refractivity contribution is 0.775. The van der Waals surface area contributed by atoms with Crippen molar-refractivity contribution in [2.45, 2.75) is 5.41 Å². The predicted molar refractivity (Wildman–Crippen MR) is 247 cm³/mol. The fourth-order valence-corrected chi connectivity index (χ4v) is 9.82. The number of aromatic nitrogens is 4. The van der Waals surface area contributed by atoms with Crippen LogP contribution in [0.1, 0.15) is 22.3 Å². The SMILES string of the molecule is c1ccc2c(c1)-c1ccccc1C1(c3ccc(-c4nc(-c5ccc(-c6ccncc6)cc5)cc(-c5ccc(-c6ccncc6)cc5)n4)cc3-2)c2ccccc2-c2ccccc21. The van der Waals surface area contributed by atoms with Crippen LogP contribution in [0.5, 0.6) is 0 Å². The second kappa shape index (κ2) is 14.0. The maximum Gasteiger partial charge on any atom is 0.160 e. The first-order valence-electron chi connectivity index (χ1n) is 20.7. The van der Waals surface area contributed by atoms with Crippen molar-refractivity contribution in [2.75, 3.05) is 0 Å². The molecule has 1 spiro atoms. The van der Waals surface area contributed by atoms with Crippen molar-refractivity contribution >= 4 is 0 Å². The summed E-state index contributed by atoms with van der Waals surface area (Å²) < 4.78 is 0. The van der Waals surface area contributed by atoms with Gasteiger partial charge in [-0.2, -0.15) is 0 Å². The molecule has 0 fully saturated rings. The van der Waals surface area contributed by atoms with Gasteiger partial charge in [-0.1, -0.05) is 158 Å². The third-order valence-electron chi connectivity index (χ3n) is 12.6. The molecule has 284 valence electrons. The van der Waals surface area contributed by atoms with Gasteiger partial charge in [0.1, 0.15) is 0 Å². The number of hydrogen-bond donors (Lipinski definition) is 0. The van der Waals surface area contributed by atoms with E-state index in [0.717, 1.165) is 50.3 Å². The average molecular weight is 777 g/mol. The third kappa shape index (κ3) is 5.53. The highest BCUT2D eigenvalue weighted by Gasteiger charge is 2.49. The minimum Gasteiger partial charge on any atom is -0.265 e. The molecule has 0 unspecified atom stereocenters. The van der Waals surface area contributed by atoms with Gasteiger partial charge < -0.3 is 0 Å². The summed E-state index contributed by atoms with van der Waals surface area (Å²) >= 11 is 0. The van der Waals surface area contributed by atoms with Gasteiger partial charge in [-0.3, -0.25) is 9.97 Å². The van der Waals surface area contributed by atoms with E-state index < -0.39 is 5.41 Å². The highest BCUT2D eigenvalue weighted by atomic mass is 14.9. The van der Waals surface area contributed by atoms with Crippen LogP contribution in [0, 0.1) is 0 Å². The Labute approximate surface area is 354 Å². The fourth-order valence-electron chi connectivity index (χ4n) is 9.82. The van der Waals surface area contributed by atoms with Crippen molar-refractivity contribution < 1.29 is 0 Å². The van der Waals surface area contributed by atoms with Gasteiger partial charge in [0, 0.05) is 41.5 Å². The molecule has 3 aromatic heterocycles. The predicted octanol–water partition coefficient (Wildman–Crippen LogP) is 13.6. The second-order valence-corrected chi connectivity index (χ2v) is 15.8. The van der Waals surface area contributed by atoms with Crippen LogP contribution in [0.3, 0.4) is 0 Å². The van der Waals surface area contributed by atoms with Crippen molar-refractivity contribution in [3.8, 4) is 89.5 Å². The molecule has 0 saturated carbocycles. The third-order valence-corrected chi connectivity index (χ3v) is 12.6. The summed E-state index contributed by atoms with van der Waals surface area (Å²) in [4.78, 5) is 19.2. The lowest BCUT2D eigenvalue weighted by Gasteiger charge is -2.35. The van der Waals surface area contributed by atoms with Crippen molar-refractivity contribution in [2.24, 2.45) is 0 Å². The van der Waals surface area contributed by atoms with Crippen LogP contribution in [0.25, 0.3) is 89.5 Å². The Balaban J connectivity index is 1.08. The first kappa shape index (κ1) is 34.9. The molecule has 0 N–H and O–H groups in total. The van der Waals surface area contributed by atoms with Gasteiger partial charge in [0.15, 0.2) is 5.82 Å². The van der Waals surface area contributed by atoms with Crippen molar-refractivity contribution in [1.29, 1.82) is 0 Å². The van der Waals surface area contributed by atoms with Gasteiger partial charge >= 0.3 is 0 Å². The Hall–Kier alpha value is -8.08. The van der Waals surface area contributed by atoms with E-state index in [2.05, 4.69) is 180 Å². The number of hydrogen-bond acceptors (Lipinski definition) is 4. The Kier molecular flexibility index (Phi) is 8.04. The van der Waals surface area contributed by atoms with E-state index in [4.69, 9.17) is 9.97 Å². The highest BCUT2D eigenvalue weighted by Crippen LogP contribution is 2.61. The summed E-state index contributed by atoms with van der Waals surface area (Å²) in [6.07, 6.45) is 7.32. The number of nitrogens with zero attached hydrogens (tertiary/aromatic N) is 4. The van der Waals surface area contributed by atoms with Gasteiger partial charge in [0.05, 0.1) is 16.8 Å². The molecule has 12 rings (SSSR count). The normalized spacial score (nSPS) is 12.7. The molecule has 2 aliphatic rings. The van der Waals surface area contributed by atoms with E-state index >= 15 is 0 Å². The van der Waals surface area contributed by atoms with Crippen LogP contribution >= 0.6 is 0 Å². The molecule has 2 aliphatic carbocycles. The molecule has 0 radical (unpaired) electrons. The number of rotatable bonds is 5. The zero-order valence-corrected chi connectivity index (χ0v) is 33.1. The molecule has 4 nitrogen and oxygen atoms in total. The van der Waals surface area contributed by atoms with Crippen LogP contribution in [0.2, 0.25) is 0 Å². The molecular weight excluding hydrogens is 741 g/mol. The van der Waals surface area contributed by atoms with Gasteiger partial charge in [-0.05, 0) is 114 Å². The van der Waals surface area contributed by atoms with Crippen LogP contribution in [0.4, 0.5) is 0 Å². The van der Waals surface area contributed by atoms with E-state index in [9.17, 15) is 0 Å². The smallest absolute Gasteiger partial charge is 0.160 e. The van der Waals surface area contributed by atoms with Crippen LogP contribution in [-0.4, -0.2) is 19.9 Å². The van der Waals surface area contributed by atoms with E-state index in [1.165, 1.54) is 55.6 Å². The zero-order valence-electron chi connectivity index (χ0n) is 33.1.